The van der Waals surface area contributed by atoms with Gasteiger partial charge in [0.05, 0.1) is 0 Å². The molecule has 3 fully saturated rings. The molecule has 0 heterocycles. The van der Waals surface area contributed by atoms with Crippen LogP contribution in [0, 0.1) is 5.92 Å². The summed E-state index contributed by atoms with van der Waals surface area (Å²) in [5.41, 5.74) is 1.07. The molecule has 0 saturated heterocycles. The minimum absolute atomic E-state index is 0.247. The van der Waals surface area contributed by atoms with Crippen LogP contribution < -0.4 is 4.74 Å². The van der Waals surface area contributed by atoms with Crippen molar-refractivity contribution in [1.82, 2.24) is 0 Å². The smallest absolute Gasteiger partial charge is 0.194 e. The lowest BCUT2D eigenvalue weighted by Crippen LogP contribution is -2.53. The molecule has 3 unspecified atom stereocenters. The van der Waals surface area contributed by atoms with Crippen molar-refractivity contribution in [3.63, 3.8) is 0 Å². The van der Waals surface area contributed by atoms with Crippen LogP contribution in [0.25, 0.3) is 0 Å². The van der Waals surface area contributed by atoms with Crippen molar-refractivity contribution in [3.8, 4) is 5.75 Å². The molecule has 220 valence electrons. The van der Waals surface area contributed by atoms with Crippen LogP contribution in [-0.2, 0) is 0 Å². The molecule has 4 atom stereocenters. The van der Waals surface area contributed by atoms with Gasteiger partial charge in [0.25, 0.3) is 0 Å². The van der Waals surface area contributed by atoms with E-state index in [1.54, 1.807) is 0 Å². The molecular weight excluding hydrogens is 500 g/mol. The molecule has 1 aromatic carbocycles. The summed E-state index contributed by atoms with van der Waals surface area (Å²) in [6.45, 7) is 6.40. The van der Waals surface area contributed by atoms with E-state index in [9.17, 15) is 8.78 Å². The molecule has 5 rings (SSSR count). The molecule has 1 aromatic rings. The Morgan fingerprint density at radius 1 is 0.692 bits per heavy atom. The number of allylic oxidation sites excluding steroid dienone is 1. The number of benzene rings is 1. The second-order valence-electron chi connectivity index (χ2n) is 12.5. The number of halogens is 4. The molecule has 0 aromatic heterocycles. The van der Waals surface area contributed by atoms with Crippen molar-refractivity contribution >= 4 is 0 Å². The SMILES string of the molecule is CC.CC1C(F)=C(F)[C@](C)(Oc2c(C3CCCCC3)cc(C3CCCCC3)cc2C2CCCCC2)C(F)C1F. The van der Waals surface area contributed by atoms with E-state index >= 15 is 8.78 Å². The summed E-state index contributed by atoms with van der Waals surface area (Å²) in [7, 11) is 0. The monoisotopic (exact) mass is 550 g/mol. The van der Waals surface area contributed by atoms with Crippen LogP contribution in [0.4, 0.5) is 17.6 Å². The maximum absolute atomic E-state index is 15.6. The van der Waals surface area contributed by atoms with Crippen molar-refractivity contribution in [3.05, 3.63) is 40.5 Å². The first kappa shape index (κ1) is 30.4. The molecule has 4 aliphatic rings. The molecule has 0 amide bonds. The van der Waals surface area contributed by atoms with Crippen LogP contribution >= 0.6 is 0 Å². The van der Waals surface area contributed by atoms with E-state index in [-0.39, 0.29) is 11.8 Å². The number of rotatable bonds is 5. The van der Waals surface area contributed by atoms with Gasteiger partial charge in [-0.3, -0.25) is 0 Å². The molecule has 0 bridgehead atoms. The molecule has 0 aliphatic heterocycles. The van der Waals surface area contributed by atoms with Crippen LogP contribution in [0.3, 0.4) is 0 Å². The predicted molar refractivity (Wildman–Crippen MR) is 152 cm³/mol. The lowest BCUT2D eigenvalue weighted by Gasteiger charge is -2.41. The Morgan fingerprint density at radius 2 is 1.10 bits per heavy atom. The first-order valence-electron chi connectivity index (χ1n) is 16.0. The average molecular weight is 551 g/mol. The van der Waals surface area contributed by atoms with Crippen molar-refractivity contribution < 1.29 is 22.3 Å². The molecule has 4 aliphatic carbocycles. The molecule has 3 saturated carbocycles. The molecule has 0 N–H and O–H groups in total. The summed E-state index contributed by atoms with van der Waals surface area (Å²) in [4.78, 5) is 0. The fraction of sp³-hybridized carbons (Fsp3) is 0.765. The summed E-state index contributed by atoms with van der Waals surface area (Å²) < 4.78 is 67.2. The minimum Gasteiger partial charge on any atom is -0.477 e. The summed E-state index contributed by atoms with van der Waals surface area (Å²) in [5.74, 6) is -2.45. The zero-order valence-corrected chi connectivity index (χ0v) is 24.6. The number of hydrogen-bond donors (Lipinski definition) is 0. The maximum Gasteiger partial charge on any atom is 0.194 e. The van der Waals surface area contributed by atoms with Crippen LogP contribution in [-0.4, -0.2) is 17.9 Å². The largest absolute Gasteiger partial charge is 0.477 e. The van der Waals surface area contributed by atoms with Gasteiger partial charge >= 0.3 is 0 Å². The van der Waals surface area contributed by atoms with Crippen molar-refractivity contribution in [1.29, 1.82) is 0 Å². The Kier molecular flexibility index (Phi) is 10.5. The summed E-state index contributed by atoms with van der Waals surface area (Å²) in [6.07, 6.45) is 12.6. The number of ether oxygens (including phenoxy) is 1. The molecular formula is C34H50F4O. The third-order valence-corrected chi connectivity index (χ3v) is 9.98. The zero-order valence-electron chi connectivity index (χ0n) is 24.6. The molecule has 0 spiro atoms. The first-order valence-corrected chi connectivity index (χ1v) is 16.0. The van der Waals surface area contributed by atoms with Gasteiger partial charge in [0.15, 0.2) is 17.6 Å². The van der Waals surface area contributed by atoms with E-state index in [2.05, 4.69) is 12.1 Å². The summed E-state index contributed by atoms with van der Waals surface area (Å²) in [6, 6.07) is 4.50. The second kappa shape index (κ2) is 13.4. The van der Waals surface area contributed by atoms with Gasteiger partial charge in [-0.25, -0.2) is 17.6 Å². The predicted octanol–water partition coefficient (Wildman–Crippen LogP) is 11.5. The third-order valence-electron chi connectivity index (χ3n) is 9.98. The molecule has 5 heteroatoms. The van der Waals surface area contributed by atoms with E-state index in [4.69, 9.17) is 4.74 Å². The average Bonchev–Trinajstić information content (AvgIpc) is 3.00. The quantitative estimate of drug-likeness (QED) is 0.331. The van der Waals surface area contributed by atoms with Crippen LogP contribution in [0.1, 0.15) is 158 Å². The lowest BCUT2D eigenvalue weighted by atomic mass is 9.75. The first-order chi connectivity index (χ1) is 18.8. The maximum atomic E-state index is 15.6. The third kappa shape index (κ3) is 6.22. The second-order valence-corrected chi connectivity index (χ2v) is 12.5. The van der Waals surface area contributed by atoms with Gasteiger partial charge in [-0.1, -0.05) is 90.7 Å². The van der Waals surface area contributed by atoms with Crippen molar-refractivity contribution in [2.24, 2.45) is 5.92 Å². The Hall–Kier alpha value is -1.52. The Morgan fingerprint density at radius 3 is 1.54 bits per heavy atom. The van der Waals surface area contributed by atoms with Gasteiger partial charge < -0.3 is 4.74 Å². The standard InChI is InChI=1S/C32H44F4O.C2H6/c1-20-27(33)30(35)32(2,31(36)28(20)34)37-29-25(22-14-8-4-9-15-22)18-24(21-12-6-3-7-13-21)19-26(29)23-16-10-5-11-17-23;1-2/h18-23,27,30H,3-17H2,1-2H3;1-2H3/t20?,27?,30?,32-;/m1./s1. The zero-order chi connectivity index (χ0) is 28.2. The Balaban J connectivity index is 0.00000172. The fourth-order valence-electron chi connectivity index (χ4n) is 7.49. The summed E-state index contributed by atoms with van der Waals surface area (Å²) in [5, 5.41) is 0. The Labute approximate surface area is 234 Å². The van der Waals surface area contributed by atoms with E-state index in [1.165, 1.54) is 64.4 Å². The van der Waals surface area contributed by atoms with Crippen LogP contribution in [0.5, 0.6) is 5.75 Å². The van der Waals surface area contributed by atoms with E-state index < -0.39 is 35.5 Å². The van der Waals surface area contributed by atoms with E-state index in [0.29, 0.717) is 11.7 Å². The van der Waals surface area contributed by atoms with Crippen molar-refractivity contribution in [2.75, 3.05) is 0 Å². The van der Waals surface area contributed by atoms with Gasteiger partial charge in [-0.2, -0.15) is 0 Å². The molecule has 1 nitrogen and oxygen atoms in total. The van der Waals surface area contributed by atoms with Crippen LogP contribution in [0.15, 0.2) is 23.8 Å². The topological polar surface area (TPSA) is 9.23 Å². The number of hydrogen-bond acceptors (Lipinski definition) is 1. The van der Waals surface area contributed by atoms with Gasteiger partial charge in [0.2, 0.25) is 0 Å². The van der Waals surface area contributed by atoms with Gasteiger partial charge in [0.1, 0.15) is 17.7 Å². The minimum atomic E-state index is -2.31. The fourth-order valence-corrected chi connectivity index (χ4v) is 7.49. The lowest BCUT2D eigenvalue weighted by molar-refractivity contribution is -0.0531. The van der Waals surface area contributed by atoms with Gasteiger partial charge in [-0.15, -0.1) is 0 Å². The van der Waals surface area contributed by atoms with Gasteiger partial charge in [0, 0.05) is 5.92 Å². The highest BCUT2D eigenvalue weighted by atomic mass is 19.2. The van der Waals surface area contributed by atoms with Crippen LogP contribution in [0.2, 0.25) is 0 Å². The van der Waals surface area contributed by atoms with Gasteiger partial charge in [-0.05, 0) is 79.9 Å². The van der Waals surface area contributed by atoms with Crippen molar-refractivity contribution in [2.45, 2.75) is 160 Å². The van der Waals surface area contributed by atoms with E-state index in [1.807, 2.05) is 13.8 Å². The van der Waals surface area contributed by atoms with E-state index in [0.717, 1.165) is 62.5 Å². The summed E-state index contributed by atoms with van der Waals surface area (Å²) >= 11 is 0. The highest BCUT2D eigenvalue weighted by molar-refractivity contribution is 5.51. The Bertz CT molecular complexity index is 932. The number of alkyl halides is 2. The highest BCUT2D eigenvalue weighted by Crippen LogP contribution is 2.51. The molecule has 39 heavy (non-hydrogen) atoms. The normalized spacial score (nSPS) is 31.5. The highest BCUT2D eigenvalue weighted by Gasteiger charge is 2.55. The molecule has 0 radical (unpaired) electrons.